The smallest absolute Gasteiger partial charge is 0.193 e. The first-order valence-electron chi connectivity index (χ1n) is 8.97. The molecule has 0 aliphatic carbocycles. The lowest BCUT2D eigenvalue weighted by atomic mass is 9.99. The number of aliphatic imine (C=N–C) groups is 1. The molecule has 3 rings (SSSR count). The molecule has 1 atom stereocenters. The van der Waals surface area contributed by atoms with Gasteiger partial charge in [0.05, 0.1) is 14.2 Å². The summed E-state index contributed by atoms with van der Waals surface area (Å²) < 4.78 is 10.9. The molecule has 2 aromatic rings. The Bertz CT molecular complexity index is 746. The van der Waals surface area contributed by atoms with Gasteiger partial charge in [-0.1, -0.05) is 42.5 Å². The normalized spacial score (nSPS) is 17.3. The number of methoxy groups -OCH3 is 2. The van der Waals surface area contributed by atoms with Crippen LogP contribution in [0.3, 0.4) is 0 Å². The van der Waals surface area contributed by atoms with Gasteiger partial charge < -0.3 is 19.7 Å². The number of nitrogens with one attached hydrogen (secondary N) is 1. The third-order valence-electron chi connectivity index (χ3n) is 4.89. The summed E-state index contributed by atoms with van der Waals surface area (Å²) in [6, 6.07) is 16.6. The highest BCUT2D eigenvalue weighted by Gasteiger charge is 2.26. The van der Waals surface area contributed by atoms with Crippen LogP contribution in [0.4, 0.5) is 0 Å². The summed E-state index contributed by atoms with van der Waals surface area (Å²) in [5.41, 5.74) is 2.45. The number of guanidine groups is 1. The Morgan fingerprint density at radius 1 is 1.12 bits per heavy atom. The fourth-order valence-electron chi connectivity index (χ4n) is 3.55. The first-order chi connectivity index (χ1) is 12.8. The van der Waals surface area contributed by atoms with E-state index in [4.69, 9.17) is 9.47 Å². The summed E-state index contributed by atoms with van der Waals surface area (Å²) in [7, 11) is 5.16. The summed E-state index contributed by atoms with van der Waals surface area (Å²) in [5, 5.41) is 3.47. The molecule has 0 amide bonds. The number of para-hydroxylation sites is 1. The SMILES string of the molecule is CN=C(NCc1cccc(OC)c1OC)N1CCC(c2ccccc2)C1. The molecule has 2 aromatic carbocycles. The predicted molar refractivity (Wildman–Crippen MR) is 105 cm³/mol. The molecule has 1 aliphatic heterocycles. The van der Waals surface area contributed by atoms with Crippen molar-refractivity contribution in [3.8, 4) is 11.5 Å². The van der Waals surface area contributed by atoms with E-state index >= 15 is 0 Å². The lowest BCUT2D eigenvalue weighted by molar-refractivity contribution is 0.351. The van der Waals surface area contributed by atoms with Crippen molar-refractivity contribution in [3.63, 3.8) is 0 Å². The summed E-state index contributed by atoms with van der Waals surface area (Å²) in [6.45, 7) is 2.63. The Balaban J connectivity index is 1.65. The van der Waals surface area contributed by atoms with Gasteiger partial charge in [-0.3, -0.25) is 4.99 Å². The fourth-order valence-corrected chi connectivity index (χ4v) is 3.55. The standard InChI is InChI=1S/C21H27N3O2/c1-22-21(23-14-17-10-7-11-19(25-2)20(17)26-3)24-13-12-18(15-24)16-8-5-4-6-9-16/h4-11,18H,12-15H2,1-3H3,(H,22,23). The van der Waals surface area contributed by atoms with Crippen molar-refractivity contribution in [2.75, 3.05) is 34.4 Å². The highest BCUT2D eigenvalue weighted by atomic mass is 16.5. The molecule has 0 radical (unpaired) electrons. The second-order valence-electron chi connectivity index (χ2n) is 6.40. The zero-order valence-corrected chi connectivity index (χ0v) is 15.7. The quantitative estimate of drug-likeness (QED) is 0.662. The summed E-state index contributed by atoms with van der Waals surface area (Å²) in [6.07, 6.45) is 1.15. The maximum absolute atomic E-state index is 5.52. The minimum atomic E-state index is 0.557. The number of benzene rings is 2. The maximum Gasteiger partial charge on any atom is 0.193 e. The number of nitrogens with zero attached hydrogens (tertiary/aromatic N) is 2. The minimum absolute atomic E-state index is 0.557. The van der Waals surface area contributed by atoms with Crippen LogP contribution in [0.2, 0.25) is 0 Å². The van der Waals surface area contributed by atoms with Gasteiger partial charge in [0, 0.05) is 38.2 Å². The van der Waals surface area contributed by atoms with Crippen molar-refractivity contribution in [1.82, 2.24) is 10.2 Å². The molecule has 1 N–H and O–H groups in total. The minimum Gasteiger partial charge on any atom is -0.493 e. The number of likely N-dealkylation sites (tertiary alicyclic amines) is 1. The lowest BCUT2D eigenvalue weighted by Crippen LogP contribution is -2.39. The lowest BCUT2D eigenvalue weighted by Gasteiger charge is -2.22. The van der Waals surface area contributed by atoms with E-state index in [0.29, 0.717) is 12.5 Å². The highest BCUT2D eigenvalue weighted by Crippen LogP contribution is 2.31. The summed E-state index contributed by atoms with van der Waals surface area (Å²) in [4.78, 5) is 6.79. The molecule has 0 bridgehead atoms. The zero-order valence-electron chi connectivity index (χ0n) is 15.7. The Hall–Kier alpha value is -2.69. The third kappa shape index (κ3) is 3.93. The number of hydrogen-bond acceptors (Lipinski definition) is 3. The van der Waals surface area contributed by atoms with E-state index in [2.05, 4.69) is 45.5 Å². The van der Waals surface area contributed by atoms with Crippen molar-refractivity contribution in [3.05, 3.63) is 59.7 Å². The molecule has 1 fully saturated rings. The zero-order chi connectivity index (χ0) is 18.4. The van der Waals surface area contributed by atoms with Gasteiger partial charge in [0.1, 0.15) is 0 Å². The van der Waals surface area contributed by atoms with E-state index in [1.54, 1.807) is 14.2 Å². The highest BCUT2D eigenvalue weighted by molar-refractivity contribution is 5.80. The van der Waals surface area contributed by atoms with Crippen LogP contribution in [0, 0.1) is 0 Å². The van der Waals surface area contributed by atoms with E-state index in [9.17, 15) is 0 Å². The Labute approximate surface area is 155 Å². The van der Waals surface area contributed by atoms with Gasteiger partial charge in [-0.05, 0) is 18.1 Å². The Kier molecular flexibility index (Phi) is 6.00. The molecular formula is C21H27N3O2. The molecule has 1 unspecified atom stereocenters. The van der Waals surface area contributed by atoms with E-state index < -0.39 is 0 Å². The topological polar surface area (TPSA) is 46.1 Å². The van der Waals surface area contributed by atoms with Crippen LogP contribution >= 0.6 is 0 Å². The first kappa shape index (κ1) is 18.1. The van der Waals surface area contributed by atoms with Crippen LogP contribution in [0.5, 0.6) is 11.5 Å². The van der Waals surface area contributed by atoms with Crippen molar-refractivity contribution < 1.29 is 9.47 Å². The third-order valence-corrected chi connectivity index (χ3v) is 4.89. The van der Waals surface area contributed by atoms with Crippen molar-refractivity contribution in [1.29, 1.82) is 0 Å². The molecule has 26 heavy (non-hydrogen) atoms. The van der Waals surface area contributed by atoms with Crippen molar-refractivity contribution in [2.45, 2.75) is 18.9 Å². The van der Waals surface area contributed by atoms with Crippen LogP contribution in [0.15, 0.2) is 53.5 Å². The van der Waals surface area contributed by atoms with E-state index in [-0.39, 0.29) is 0 Å². The van der Waals surface area contributed by atoms with Crippen LogP contribution in [0.1, 0.15) is 23.5 Å². The molecule has 138 valence electrons. The van der Waals surface area contributed by atoms with Gasteiger partial charge in [-0.15, -0.1) is 0 Å². The fraction of sp³-hybridized carbons (Fsp3) is 0.381. The number of hydrogen-bond donors (Lipinski definition) is 1. The van der Waals surface area contributed by atoms with Crippen molar-refractivity contribution >= 4 is 5.96 Å². The van der Waals surface area contributed by atoms with Gasteiger partial charge in [0.2, 0.25) is 0 Å². The molecular weight excluding hydrogens is 326 g/mol. The van der Waals surface area contributed by atoms with Crippen LogP contribution in [-0.4, -0.2) is 45.2 Å². The first-order valence-corrected chi connectivity index (χ1v) is 8.97. The maximum atomic E-state index is 5.52. The van der Waals surface area contributed by atoms with E-state index in [0.717, 1.165) is 42.5 Å². The average Bonchev–Trinajstić information content (AvgIpc) is 3.19. The molecule has 0 saturated carbocycles. The van der Waals surface area contributed by atoms with Crippen LogP contribution in [-0.2, 0) is 6.54 Å². The molecule has 0 spiro atoms. The van der Waals surface area contributed by atoms with E-state index in [1.807, 2.05) is 25.2 Å². The van der Waals surface area contributed by atoms with E-state index in [1.165, 1.54) is 5.56 Å². The second kappa shape index (κ2) is 8.61. The van der Waals surface area contributed by atoms with Crippen LogP contribution < -0.4 is 14.8 Å². The molecule has 0 aromatic heterocycles. The van der Waals surface area contributed by atoms with Gasteiger partial charge in [0.25, 0.3) is 0 Å². The summed E-state index contributed by atoms with van der Waals surface area (Å²) in [5.74, 6) is 2.99. The molecule has 5 heteroatoms. The van der Waals surface area contributed by atoms with Crippen molar-refractivity contribution in [2.24, 2.45) is 4.99 Å². The average molecular weight is 353 g/mol. The van der Waals surface area contributed by atoms with Crippen LogP contribution in [0.25, 0.3) is 0 Å². The number of rotatable bonds is 5. The molecule has 1 aliphatic rings. The summed E-state index contributed by atoms with van der Waals surface area (Å²) >= 11 is 0. The monoisotopic (exact) mass is 353 g/mol. The molecule has 5 nitrogen and oxygen atoms in total. The van der Waals surface area contributed by atoms with Gasteiger partial charge in [-0.2, -0.15) is 0 Å². The predicted octanol–water partition coefficient (Wildman–Crippen LogP) is 3.27. The van der Waals surface area contributed by atoms with Gasteiger partial charge in [-0.25, -0.2) is 0 Å². The Morgan fingerprint density at radius 2 is 1.92 bits per heavy atom. The number of ether oxygens (including phenoxy) is 2. The largest absolute Gasteiger partial charge is 0.493 e. The van der Waals surface area contributed by atoms with Gasteiger partial charge >= 0.3 is 0 Å². The molecule has 1 saturated heterocycles. The molecule has 1 heterocycles. The Morgan fingerprint density at radius 3 is 2.62 bits per heavy atom. The second-order valence-corrected chi connectivity index (χ2v) is 6.40. The van der Waals surface area contributed by atoms with Gasteiger partial charge in [0.15, 0.2) is 17.5 Å².